The van der Waals surface area contributed by atoms with E-state index in [1.54, 1.807) is 0 Å². The molecule has 3 aliphatic rings. The fraction of sp³-hybridized carbons (Fsp3) is 0.312. The minimum Gasteiger partial charge on any atom is -0.507 e. The summed E-state index contributed by atoms with van der Waals surface area (Å²) in [6.07, 6.45) is 5.90. The molecular weight excluding hydrogens is 314 g/mol. The Labute approximate surface area is 136 Å². The van der Waals surface area contributed by atoms with Gasteiger partial charge >= 0.3 is 0 Å². The van der Waals surface area contributed by atoms with Crippen LogP contribution < -0.4 is 0 Å². The zero-order valence-electron chi connectivity index (χ0n) is 12.4. The summed E-state index contributed by atoms with van der Waals surface area (Å²) in [5.74, 6) is -1.45. The summed E-state index contributed by atoms with van der Waals surface area (Å²) in [6, 6.07) is 3.47. The predicted octanol–water partition coefficient (Wildman–Crippen LogP) is 1.44. The summed E-state index contributed by atoms with van der Waals surface area (Å²) in [7, 11) is 0. The molecule has 0 radical (unpaired) electrons. The molecular formula is C16H13N3O5. The lowest BCUT2D eigenvalue weighted by atomic mass is 9.85. The van der Waals surface area contributed by atoms with Crippen molar-refractivity contribution < 1.29 is 19.6 Å². The number of hydrogen-bond donors (Lipinski definition) is 1. The lowest BCUT2D eigenvalue weighted by Crippen LogP contribution is -2.28. The third-order valence-corrected chi connectivity index (χ3v) is 4.98. The van der Waals surface area contributed by atoms with E-state index in [0.29, 0.717) is 0 Å². The molecule has 1 N–H and O–H groups in total. The van der Waals surface area contributed by atoms with Gasteiger partial charge < -0.3 is 5.11 Å². The summed E-state index contributed by atoms with van der Waals surface area (Å²) >= 11 is 0. The number of phenols is 1. The molecule has 24 heavy (non-hydrogen) atoms. The van der Waals surface area contributed by atoms with Gasteiger partial charge in [0, 0.05) is 17.7 Å². The van der Waals surface area contributed by atoms with Crippen LogP contribution in [-0.2, 0) is 9.59 Å². The number of carbonyl (C=O) groups is 2. The van der Waals surface area contributed by atoms with Crippen LogP contribution in [0, 0.1) is 33.8 Å². The SMILES string of the molecule is O=C1C2C3C=CC(C3)C2C(=O)N1/N=C/c1cc([N+](=O)[O-])ccc1O. The lowest BCUT2D eigenvalue weighted by molar-refractivity contribution is -0.384. The Kier molecular flexibility index (Phi) is 3.02. The van der Waals surface area contributed by atoms with Crippen LogP contribution in [0.5, 0.6) is 5.75 Å². The fourth-order valence-corrected chi connectivity index (χ4v) is 3.88. The number of carbonyl (C=O) groups excluding carboxylic acids is 2. The Bertz CT molecular complexity index is 801. The largest absolute Gasteiger partial charge is 0.507 e. The van der Waals surface area contributed by atoms with E-state index in [9.17, 15) is 24.8 Å². The second-order valence-corrected chi connectivity index (χ2v) is 6.23. The topological polar surface area (TPSA) is 113 Å². The standard InChI is InChI=1S/C16H13N3O5/c20-12-4-3-11(19(23)24)6-10(12)7-17-18-15(21)13-8-1-2-9(5-8)14(13)16(18)22/h1-4,6-9,13-14,20H,5H2/b17-7+. The first kappa shape index (κ1) is 14.6. The summed E-state index contributed by atoms with van der Waals surface area (Å²) in [5.41, 5.74) is -0.143. The van der Waals surface area contributed by atoms with Crippen molar-refractivity contribution >= 4 is 23.7 Å². The molecule has 2 bridgehead atoms. The summed E-state index contributed by atoms with van der Waals surface area (Å²) < 4.78 is 0. The zero-order valence-corrected chi connectivity index (χ0v) is 12.4. The van der Waals surface area contributed by atoms with Gasteiger partial charge in [0.15, 0.2) is 0 Å². The van der Waals surface area contributed by atoms with Gasteiger partial charge in [0.25, 0.3) is 17.5 Å². The number of phenolic OH excluding ortho intramolecular Hbond substituents is 1. The van der Waals surface area contributed by atoms with Crippen molar-refractivity contribution in [3.05, 3.63) is 46.0 Å². The molecule has 1 aromatic carbocycles. The lowest BCUT2D eigenvalue weighted by Gasteiger charge is -2.13. The van der Waals surface area contributed by atoms with Gasteiger partial charge in [-0.25, -0.2) is 0 Å². The number of nitro benzene ring substituents is 1. The summed E-state index contributed by atoms with van der Waals surface area (Å²) in [5, 5.41) is 25.3. The van der Waals surface area contributed by atoms with Gasteiger partial charge in [-0.1, -0.05) is 12.2 Å². The first-order valence-corrected chi connectivity index (χ1v) is 7.55. The maximum atomic E-state index is 12.5. The molecule has 122 valence electrons. The van der Waals surface area contributed by atoms with Crippen LogP contribution in [0.3, 0.4) is 0 Å². The smallest absolute Gasteiger partial charge is 0.270 e. The first-order chi connectivity index (χ1) is 11.5. The predicted molar refractivity (Wildman–Crippen MR) is 81.9 cm³/mol. The molecule has 1 aromatic rings. The molecule has 2 fully saturated rings. The molecule has 8 heteroatoms. The highest BCUT2D eigenvalue weighted by molar-refractivity contribution is 6.06. The van der Waals surface area contributed by atoms with Gasteiger partial charge in [-0.05, 0) is 24.3 Å². The van der Waals surface area contributed by atoms with Crippen LogP contribution in [0.4, 0.5) is 5.69 Å². The first-order valence-electron chi connectivity index (χ1n) is 7.55. The molecule has 8 nitrogen and oxygen atoms in total. The van der Waals surface area contributed by atoms with E-state index in [4.69, 9.17) is 0 Å². The molecule has 1 saturated carbocycles. The quantitative estimate of drug-likeness (QED) is 0.297. The maximum Gasteiger partial charge on any atom is 0.270 e. The van der Waals surface area contributed by atoms with Gasteiger partial charge in [0.05, 0.1) is 23.0 Å². The summed E-state index contributed by atoms with van der Waals surface area (Å²) in [6.45, 7) is 0. The number of benzene rings is 1. The number of non-ortho nitro benzene ring substituents is 1. The average Bonchev–Trinajstić information content (AvgIpc) is 3.22. The van der Waals surface area contributed by atoms with Crippen LogP contribution >= 0.6 is 0 Å². The molecule has 2 amide bonds. The van der Waals surface area contributed by atoms with Crippen molar-refractivity contribution in [1.82, 2.24) is 5.01 Å². The van der Waals surface area contributed by atoms with E-state index in [2.05, 4.69) is 5.10 Å². The van der Waals surface area contributed by atoms with Crippen LogP contribution in [0.2, 0.25) is 0 Å². The molecule has 1 aliphatic heterocycles. The average molecular weight is 327 g/mol. The number of nitrogens with zero attached hydrogens (tertiary/aromatic N) is 3. The number of imide groups is 1. The van der Waals surface area contributed by atoms with E-state index < -0.39 is 4.92 Å². The van der Waals surface area contributed by atoms with Gasteiger partial charge in [0.2, 0.25) is 0 Å². The van der Waals surface area contributed by atoms with Crippen molar-refractivity contribution in [2.75, 3.05) is 0 Å². The molecule has 4 unspecified atom stereocenters. The number of allylic oxidation sites excluding steroid dienone is 2. The van der Waals surface area contributed by atoms with E-state index in [1.165, 1.54) is 6.07 Å². The Morgan fingerprint density at radius 3 is 2.42 bits per heavy atom. The van der Waals surface area contributed by atoms with Crippen molar-refractivity contribution in [2.45, 2.75) is 6.42 Å². The summed E-state index contributed by atoms with van der Waals surface area (Å²) in [4.78, 5) is 35.1. The zero-order chi connectivity index (χ0) is 17.0. The fourth-order valence-electron chi connectivity index (χ4n) is 3.88. The van der Waals surface area contributed by atoms with E-state index in [0.717, 1.165) is 29.8 Å². The highest BCUT2D eigenvalue weighted by atomic mass is 16.6. The number of hydrazone groups is 1. The molecule has 1 saturated heterocycles. The second-order valence-electron chi connectivity index (χ2n) is 6.23. The second kappa shape index (κ2) is 4.98. The van der Waals surface area contributed by atoms with Gasteiger partial charge in [0.1, 0.15) is 5.75 Å². The molecule has 2 aliphatic carbocycles. The molecule has 0 aromatic heterocycles. The Hall–Kier alpha value is -3.03. The van der Waals surface area contributed by atoms with E-state index in [1.807, 2.05) is 12.2 Å². The van der Waals surface area contributed by atoms with Crippen LogP contribution in [0.25, 0.3) is 0 Å². The monoisotopic (exact) mass is 327 g/mol. The molecule has 4 rings (SSSR count). The van der Waals surface area contributed by atoms with Crippen molar-refractivity contribution in [3.63, 3.8) is 0 Å². The highest BCUT2D eigenvalue weighted by Gasteiger charge is 2.59. The number of aromatic hydroxyl groups is 1. The Balaban J connectivity index is 1.61. The number of rotatable bonds is 3. The van der Waals surface area contributed by atoms with Crippen molar-refractivity contribution in [3.8, 4) is 5.75 Å². The van der Waals surface area contributed by atoms with Gasteiger partial charge in [-0.15, -0.1) is 0 Å². The van der Waals surface area contributed by atoms with Crippen LogP contribution in [0.15, 0.2) is 35.5 Å². The highest BCUT2D eigenvalue weighted by Crippen LogP contribution is 2.52. The van der Waals surface area contributed by atoms with Crippen molar-refractivity contribution in [2.24, 2.45) is 28.8 Å². The third-order valence-electron chi connectivity index (χ3n) is 4.98. The normalized spacial score (nSPS) is 30.6. The van der Waals surface area contributed by atoms with E-state index in [-0.39, 0.29) is 52.5 Å². The van der Waals surface area contributed by atoms with E-state index >= 15 is 0 Å². The van der Waals surface area contributed by atoms with Crippen LogP contribution in [-0.4, -0.2) is 33.1 Å². The Morgan fingerprint density at radius 1 is 1.21 bits per heavy atom. The van der Waals surface area contributed by atoms with Gasteiger partial charge in [-0.2, -0.15) is 10.1 Å². The minimum absolute atomic E-state index is 0.0722. The van der Waals surface area contributed by atoms with Crippen molar-refractivity contribution in [1.29, 1.82) is 0 Å². The third kappa shape index (κ3) is 1.96. The molecule has 1 heterocycles. The molecule has 4 atom stereocenters. The number of amides is 2. The number of hydrogen-bond acceptors (Lipinski definition) is 6. The number of fused-ring (bicyclic) bond motifs is 5. The van der Waals surface area contributed by atoms with Crippen LogP contribution in [0.1, 0.15) is 12.0 Å². The number of nitro groups is 1. The van der Waals surface area contributed by atoms with Gasteiger partial charge in [-0.3, -0.25) is 19.7 Å². The maximum absolute atomic E-state index is 12.5. The minimum atomic E-state index is -0.601. The Morgan fingerprint density at radius 2 is 1.83 bits per heavy atom. The molecule has 0 spiro atoms.